The molecule has 0 atom stereocenters. The Morgan fingerprint density at radius 3 is 1.90 bits per heavy atom. The molecule has 6 aromatic carbocycles. The van der Waals surface area contributed by atoms with Gasteiger partial charge in [0.25, 0.3) is 5.69 Å². The van der Waals surface area contributed by atoms with Gasteiger partial charge in [0.15, 0.2) is 0 Å². The summed E-state index contributed by atoms with van der Waals surface area (Å²) in [5, 5.41) is 1.74. The molecule has 63 heavy (non-hydrogen) atoms. The Kier molecular flexibility index (Phi) is 9.95. The van der Waals surface area contributed by atoms with Gasteiger partial charge in [-0.2, -0.15) is 0 Å². The molecule has 1 aliphatic heterocycles. The molecule has 0 unspecified atom stereocenters. The first-order chi connectivity index (χ1) is 29.8. The third-order valence-electron chi connectivity index (χ3n) is 12.6. The number of hydrogen-bond donors (Lipinski definition) is 0. The predicted octanol–water partition coefficient (Wildman–Crippen LogP) is 15.2. The summed E-state index contributed by atoms with van der Waals surface area (Å²) in [5.74, 6) is 1.83. The van der Waals surface area contributed by atoms with Crippen LogP contribution < -0.4 is 13.9 Å². The maximum atomic E-state index is 14.8. The van der Waals surface area contributed by atoms with Crippen LogP contribution in [0.3, 0.4) is 0 Å². The normalized spacial score (nSPS) is 13.3. The average molecular weight is 833 g/mol. The van der Waals surface area contributed by atoms with Crippen LogP contribution in [0.5, 0.6) is 11.5 Å². The van der Waals surface area contributed by atoms with Crippen LogP contribution >= 0.6 is 0 Å². The lowest BCUT2D eigenvalue weighted by molar-refractivity contribution is 0.483. The van der Waals surface area contributed by atoms with Crippen molar-refractivity contribution in [3.63, 3.8) is 0 Å². The second-order valence-corrected chi connectivity index (χ2v) is 20.6. The van der Waals surface area contributed by atoms with E-state index in [2.05, 4.69) is 187 Å². The minimum Gasteiger partial charge on any atom is -0.457 e. The number of ether oxygens (including phenoxy) is 1. The molecule has 0 saturated heterocycles. The van der Waals surface area contributed by atoms with Crippen molar-refractivity contribution in [3.8, 4) is 17.3 Å². The molecule has 0 spiro atoms. The molecule has 0 radical (unpaired) electrons. The van der Waals surface area contributed by atoms with Crippen molar-refractivity contribution in [1.29, 1.82) is 0 Å². The van der Waals surface area contributed by atoms with E-state index in [1.54, 1.807) is 6.07 Å². The zero-order valence-electron chi connectivity index (χ0n) is 38.4. The highest BCUT2D eigenvalue weighted by Gasteiger charge is 2.44. The van der Waals surface area contributed by atoms with Crippen LogP contribution in [0.25, 0.3) is 27.6 Å². The number of para-hydroxylation sites is 1. The van der Waals surface area contributed by atoms with Gasteiger partial charge in [-0.05, 0) is 96.2 Å². The summed E-state index contributed by atoms with van der Waals surface area (Å²) in [5.41, 5.74) is 11.5. The average Bonchev–Trinajstić information content (AvgIpc) is 3.79. The van der Waals surface area contributed by atoms with Gasteiger partial charge >= 0.3 is 11.7 Å². The molecule has 8 aromatic rings. The van der Waals surface area contributed by atoms with Crippen LogP contribution in [0.2, 0.25) is 0 Å². The second-order valence-electron chi connectivity index (χ2n) is 20.6. The van der Waals surface area contributed by atoms with Gasteiger partial charge in [0.1, 0.15) is 23.1 Å². The Morgan fingerprint density at radius 2 is 1.21 bits per heavy atom. The first-order valence-corrected chi connectivity index (χ1v) is 22.0. The summed E-state index contributed by atoms with van der Waals surface area (Å²) in [7, 11) is 0. The van der Waals surface area contributed by atoms with Gasteiger partial charge in [-0.1, -0.05) is 131 Å². The number of nitrogens with zero attached hydrogens (tertiary/aromatic N) is 4. The van der Waals surface area contributed by atoms with Gasteiger partial charge in [0, 0.05) is 58.3 Å². The van der Waals surface area contributed by atoms with Crippen molar-refractivity contribution in [2.24, 2.45) is 0 Å². The summed E-state index contributed by atoms with van der Waals surface area (Å²) < 4.78 is 28.1. The van der Waals surface area contributed by atoms with Crippen molar-refractivity contribution >= 4 is 50.6 Å². The number of halogens is 1. The molecule has 3 heterocycles. The maximum absolute atomic E-state index is 14.8. The Labute approximate surface area is 371 Å². The Bertz CT molecular complexity index is 3130. The summed E-state index contributed by atoms with van der Waals surface area (Å²) in [6.45, 7) is 24.9. The van der Waals surface area contributed by atoms with E-state index in [0.29, 0.717) is 11.5 Å². The van der Waals surface area contributed by atoms with Crippen LogP contribution in [0.15, 0.2) is 146 Å². The van der Waals surface area contributed by atoms with Crippen molar-refractivity contribution in [3.05, 3.63) is 179 Å². The van der Waals surface area contributed by atoms with Crippen LogP contribution in [0, 0.1) is 5.82 Å². The van der Waals surface area contributed by atoms with Gasteiger partial charge in [-0.15, -0.1) is 0 Å². The van der Waals surface area contributed by atoms with Crippen LogP contribution in [-0.2, 0) is 21.7 Å². The minimum atomic E-state index is -0.321. The number of fused-ring (bicyclic) bond motifs is 4. The molecular formula is C57H57FN4O+2. The molecular weight excluding hydrogens is 776 g/mol. The Balaban J connectivity index is 1.19. The third kappa shape index (κ3) is 7.68. The number of hydrogen-bond acceptors (Lipinski definition) is 2. The molecule has 1 aliphatic rings. The molecule has 5 nitrogen and oxygen atoms in total. The zero-order valence-corrected chi connectivity index (χ0v) is 38.4. The fourth-order valence-corrected chi connectivity index (χ4v) is 8.77. The van der Waals surface area contributed by atoms with E-state index in [-0.39, 0.29) is 27.5 Å². The van der Waals surface area contributed by atoms with E-state index in [1.807, 2.05) is 42.6 Å². The van der Waals surface area contributed by atoms with Gasteiger partial charge in [0.05, 0.1) is 17.1 Å². The number of aromatic nitrogens is 2. The van der Waals surface area contributed by atoms with Crippen LogP contribution in [0.4, 0.5) is 27.1 Å². The highest BCUT2D eigenvalue weighted by Crippen LogP contribution is 2.47. The lowest BCUT2D eigenvalue weighted by atomic mass is 9.77. The molecule has 0 fully saturated rings. The topological polar surface area (TPSA) is 33.1 Å². The maximum Gasteiger partial charge on any atom is 0.503 e. The second kappa shape index (κ2) is 15.0. The van der Waals surface area contributed by atoms with Crippen molar-refractivity contribution < 1.29 is 9.13 Å². The van der Waals surface area contributed by atoms with Crippen molar-refractivity contribution in [1.82, 2.24) is 18.7 Å². The molecule has 2 aromatic heterocycles. The van der Waals surface area contributed by atoms with Crippen LogP contribution in [0.1, 0.15) is 104 Å². The first kappa shape index (κ1) is 41.7. The summed E-state index contributed by atoms with van der Waals surface area (Å²) in [6.07, 6.45) is 1.85. The van der Waals surface area contributed by atoms with E-state index >= 15 is 0 Å². The first-order valence-electron chi connectivity index (χ1n) is 22.0. The van der Waals surface area contributed by atoms with E-state index in [9.17, 15) is 4.39 Å². The van der Waals surface area contributed by atoms with E-state index in [1.165, 1.54) is 28.3 Å². The van der Waals surface area contributed by atoms with Crippen LogP contribution in [-0.4, -0.2) is 15.6 Å². The summed E-state index contributed by atoms with van der Waals surface area (Å²) >= 11 is 0. The molecule has 0 N–H and O–H groups in total. The zero-order chi connectivity index (χ0) is 44.6. The quantitative estimate of drug-likeness (QED) is 0.150. The Hall–Kier alpha value is -6.62. The van der Waals surface area contributed by atoms with Gasteiger partial charge in [-0.25, -0.2) is 9.37 Å². The molecule has 9 rings (SSSR count). The van der Waals surface area contributed by atoms with Crippen molar-refractivity contribution in [2.75, 3.05) is 0 Å². The largest absolute Gasteiger partial charge is 0.503 e. The molecule has 0 amide bonds. The van der Waals surface area contributed by atoms with Crippen molar-refractivity contribution in [2.45, 2.75) is 97.8 Å². The van der Waals surface area contributed by atoms with E-state index in [4.69, 9.17) is 9.72 Å². The monoisotopic (exact) mass is 832 g/mol. The lowest BCUT2D eigenvalue weighted by Crippen LogP contribution is -2.22. The molecule has 6 heteroatoms. The number of benzene rings is 6. The van der Waals surface area contributed by atoms with E-state index in [0.717, 1.165) is 55.9 Å². The number of pyridine rings is 1. The SMILES string of the molecule is CC(C)(C)c1cc([N+]2=C=[N+](c3cccc(Oc4ccc5c6cc(F)ccc6n(-c6cc(C(C)(C)C)ccn6)c5c4)c3)c3cccc(C(C)(C)c4ccccc4)c32)cc(C(C)(C)C)c1. The molecule has 0 saturated carbocycles. The highest BCUT2D eigenvalue weighted by atomic mass is 19.1. The smallest absolute Gasteiger partial charge is 0.457 e. The minimum absolute atomic E-state index is 0.0622. The predicted molar refractivity (Wildman–Crippen MR) is 261 cm³/mol. The highest BCUT2D eigenvalue weighted by molar-refractivity contribution is 6.09. The van der Waals surface area contributed by atoms with E-state index < -0.39 is 0 Å². The fourth-order valence-electron chi connectivity index (χ4n) is 8.77. The molecule has 0 bridgehead atoms. The third-order valence-corrected chi connectivity index (χ3v) is 12.6. The lowest BCUT2D eigenvalue weighted by Gasteiger charge is -2.26. The Morgan fingerprint density at radius 1 is 0.524 bits per heavy atom. The van der Waals surface area contributed by atoms with Gasteiger partial charge in [-0.3, -0.25) is 4.57 Å². The van der Waals surface area contributed by atoms with Gasteiger partial charge < -0.3 is 4.74 Å². The fraction of sp³-hybridized carbons (Fsp3) is 0.263. The summed E-state index contributed by atoms with van der Waals surface area (Å²) in [4.78, 5) is 4.82. The molecule has 0 aliphatic carbocycles. The molecule has 316 valence electrons. The number of rotatable bonds is 7. The summed E-state index contributed by atoms with van der Waals surface area (Å²) in [6, 6.07) is 51.6. The standard InChI is InChI=1S/C57H57FN4O/c1-54(2,3)38-27-28-59-52(32-38)62-49-26-23-41(58)33-47(49)46-25-24-45(35-51(46)62)63-44-20-15-19-42(34-44)60-36-61(43-30-39(55(4,5)6)29-40(31-43)56(7,8)9)53-48(21-16-22-50(53)60)57(10,11)37-17-13-12-14-18-37/h12-35H,1-11H3/q+2. The van der Waals surface area contributed by atoms with Gasteiger partial charge in [0.2, 0.25) is 11.4 Å².